The van der Waals surface area contributed by atoms with E-state index in [1.54, 1.807) is 26.0 Å². The number of carbonyl (C=O) groups is 1. The van der Waals surface area contributed by atoms with Gasteiger partial charge in [-0.3, -0.25) is 4.79 Å². The van der Waals surface area contributed by atoms with Crippen LogP contribution in [0.3, 0.4) is 0 Å². The van der Waals surface area contributed by atoms with E-state index in [-0.39, 0.29) is 12.4 Å². The lowest BCUT2D eigenvalue weighted by atomic mass is 10.1. The van der Waals surface area contributed by atoms with Crippen LogP contribution in [0, 0.1) is 5.82 Å². The second-order valence-corrected chi connectivity index (χ2v) is 4.72. The summed E-state index contributed by atoms with van der Waals surface area (Å²) in [5.41, 5.74) is -0.732. The van der Waals surface area contributed by atoms with Crippen molar-refractivity contribution in [2.45, 2.75) is 32.4 Å². The second-order valence-electron chi connectivity index (χ2n) is 4.72. The minimum Gasteiger partial charge on any atom is -0.478 e. The van der Waals surface area contributed by atoms with Gasteiger partial charge in [-0.2, -0.15) is 0 Å². The zero-order valence-corrected chi connectivity index (χ0v) is 10.7. The van der Waals surface area contributed by atoms with Crippen molar-refractivity contribution in [3.05, 3.63) is 30.1 Å². The molecule has 0 aliphatic rings. The van der Waals surface area contributed by atoms with Crippen LogP contribution >= 0.6 is 0 Å². The van der Waals surface area contributed by atoms with Gasteiger partial charge in [0.1, 0.15) is 0 Å². The summed E-state index contributed by atoms with van der Waals surface area (Å²) < 4.78 is 18.5. The Labute approximate surface area is 106 Å². The molecule has 0 heterocycles. The number of carbonyl (C=O) groups excluding carboxylic acids is 1. The molecule has 1 amide bonds. The molecule has 0 radical (unpaired) electrons. The fourth-order valence-corrected chi connectivity index (χ4v) is 1.26. The molecule has 4 nitrogen and oxygen atoms in total. The van der Waals surface area contributed by atoms with Crippen molar-refractivity contribution in [1.29, 1.82) is 0 Å². The lowest BCUT2D eigenvalue weighted by Gasteiger charge is -2.25. The van der Waals surface area contributed by atoms with Gasteiger partial charge in [-0.05, 0) is 32.9 Å². The fraction of sp³-hybridized carbons (Fsp3) is 0.462. The molecule has 2 N–H and O–H groups in total. The summed E-state index contributed by atoms with van der Waals surface area (Å²) in [6, 6.07) is 5.89. The van der Waals surface area contributed by atoms with E-state index in [4.69, 9.17) is 9.84 Å². The van der Waals surface area contributed by atoms with Crippen molar-refractivity contribution in [3.63, 3.8) is 0 Å². The predicted molar refractivity (Wildman–Crippen MR) is 65.8 cm³/mol. The van der Waals surface area contributed by atoms with Gasteiger partial charge in [0, 0.05) is 0 Å². The molecular weight excluding hydrogens is 237 g/mol. The SMILES string of the molecule is CC(Oc1ccccc1F)C(=O)NC(C)(C)CO. The molecule has 5 heteroatoms. The van der Waals surface area contributed by atoms with E-state index in [2.05, 4.69) is 5.32 Å². The number of aliphatic hydroxyl groups excluding tert-OH is 1. The number of benzene rings is 1. The highest BCUT2D eigenvalue weighted by atomic mass is 19.1. The van der Waals surface area contributed by atoms with E-state index in [1.165, 1.54) is 19.1 Å². The van der Waals surface area contributed by atoms with Crippen LogP contribution in [0.2, 0.25) is 0 Å². The Morgan fingerprint density at radius 1 is 1.50 bits per heavy atom. The van der Waals surface area contributed by atoms with E-state index in [1.807, 2.05) is 0 Å². The number of rotatable bonds is 5. The van der Waals surface area contributed by atoms with Crippen molar-refractivity contribution < 1.29 is 19.0 Å². The summed E-state index contributed by atoms with van der Waals surface area (Å²) in [5, 5.41) is 11.7. The van der Waals surface area contributed by atoms with Gasteiger partial charge in [-0.15, -0.1) is 0 Å². The van der Waals surface area contributed by atoms with Crippen LogP contribution in [0.15, 0.2) is 24.3 Å². The minimum absolute atomic E-state index is 0.0296. The first-order valence-corrected chi connectivity index (χ1v) is 5.70. The molecule has 100 valence electrons. The van der Waals surface area contributed by atoms with Crippen LogP contribution in [0.5, 0.6) is 5.75 Å². The molecule has 0 fully saturated rings. The Hall–Kier alpha value is -1.62. The van der Waals surface area contributed by atoms with E-state index >= 15 is 0 Å². The Kier molecular flexibility index (Phi) is 4.67. The minimum atomic E-state index is -0.840. The molecule has 0 aliphatic heterocycles. The Balaban J connectivity index is 2.63. The highest BCUT2D eigenvalue weighted by Crippen LogP contribution is 2.17. The largest absolute Gasteiger partial charge is 0.478 e. The molecule has 0 saturated carbocycles. The molecule has 1 rings (SSSR count). The van der Waals surface area contributed by atoms with Crippen LogP contribution in [0.4, 0.5) is 4.39 Å². The first-order valence-electron chi connectivity index (χ1n) is 5.70. The lowest BCUT2D eigenvalue weighted by molar-refractivity contribution is -0.129. The zero-order chi connectivity index (χ0) is 13.8. The van der Waals surface area contributed by atoms with Crippen LogP contribution in [-0.4, -0.2) is 29.3 Å². The quantitative estimate of drug-likeness (QED) is 0.838. The fourth-order valence-electron chi connectivity index (χ4n) is 1.26. The van der Waals surface area contributed by atoms with Gasteiger partial charge in [0.2, 0.25) is 0 Å². The molecular formula is C13H18FNO3. The first-order chi connectivity index (χ1) is 8.35. The summed E-state index contributed by atoms with van der Waals surface area (Å²) in [4.78, 5) is 11.8. The zero-order valence-electron chi connectivity index (χ0n) is 10.7. The third-order valence-electron chi connectivity index (χ3n) is 2.37. The van der Waals surface area contributed by atoms with Gasteiger partial charge in [0.15, 0.2) is 17.7 Å². The number of hydrogen-bond donors (Lipinski definition) is 2. The lowest BCUT2D eigenvalue weighted by Crippen LogP contribution is -2.50. The number of ether oxygens (including phenoxy) is 1. The van der Waals surface area contributed by atoms with Gasteiger partial charge in [-0.1, -0.05) is 12.1 Å². The third-order valence-corrected chi connectivity index (χ3v) is 2.37. The number of amides is 1. The first kappa shape index (κ1) is 14.4. The highest BCUT2D eigenvalue weighted by Gasteiger charge is 2.24. The molecule has 1 atom stereocenters. The Morgan fingerprint density at radius 2 is 2.11 bits per heavy atom. The third kappa shape index (κ3) is 4.00. The normalized spacial score (nSPS) is 12.9. The molecule has 1 unspecified atom stereocenters. The van der Waals surface area contributed by atoms with Crippen LogP contribution in [0.1, 0.15) is 20.8 Å². The topological polar surface area (TPSA) is 58.6 Å². The molecule has 18 heavy (non-hydrogen) atoms. The summed E-state index contributed by atoms with van der Waals surface area (Å²) >= 11 is 0. The van der Waals surface area contributed by atoms with E-state index in [0.717, 1.165) is 0 Å². The summed E-state index contributed by atoms with van der Waals surface area (Å²) in [6.45, 7) is 4.70. The smallest absolute Gasteiger partial charge is 0.261 e. The maximum absolute atomic E-state index is 13.3. The van der Waals surface area contributed by atoms with Gasteiger partial charge in [-0.25, -0.2) is 4.39 Å². The number of hydrogen-bond acceptors (Lipinski definition) is 3. The average Bonchev–Trinajstić information content (AvgIpc) is 2.31. The van der Waals surface area contributed by atoms with Gasteiger partial charge >= 0.3 is 0 Å². The van der Waals surface area contributed by atoms with Crippen LogP contribution < -0.4 is 10.1 Å². The van der Waals surface area contributed by atoms with E-state index in [9.17, 15) is 9.18 Å². The van der Waals surface area contributed by atoms with Gasteiger partial charge < -0.3 is 15.2 Å². The molecule has 1 aromatic rings. The summed E-state index contributed by atoms with van der Waals surface area (Å²) in [7, 11) is 0. The average molecular weight is 255 g/mol. The van der Waals surface area contributed by atoms with Crippen LogP contribution in [0.25, 0.3) is 0 Å². The number of halogens is 1. The van der Waals surface area contributed by atoms with Crippen LogP contribution in [-0.2, 0) is 4.79 Å². The monoisotopic (exact) mass is 255 g/mol. The van der Waals surface area contributed by atoms with E-state index < -0.39 is 23.4 Å². The predicted octanol–water partition coefficient (Wildman–Crippen LogP) is 1.48. The van der Waals surface area contributed by atoms with Crippen molar-refractivity contribution in [3.8, 4) is 5.75 Å². The molecule has 0 spiro atoms. The van der Waals surface area contributed by atoms with E-state index in [0.29, 0.717) is 0 Å². The van der Waals surface area contributed by atoms with Crippen molar-refractivity contribution in [2.24, 2.45) is 0 Å². The summed E-state index contributed by atoms with van der Waals surface area (Å²) in [5.74, 6) is -0.891. The maximum atomic E-state index is 13.3. The number of aliphatic hydroxyl groups is 1. The van der Waals surface area contributed by atoms with Gasteiger partial charge in [0.25, 0.3) is 5.91 Å². The van der Waals surface area contributed by atoms with Crippen molar-refractivity contribution in [1.82, 2.24) is 5.32 Å². The molecule has 1 aromatic carbocycles. The summed E-state index contributed by atoms with van der Waals surface area (Å²) in [6.07, 6.45) is -0.840. The molecule has 0 aromatic heterocycles. The molecule has 0 aliphatic carbocycles. The molecule has 0 bridgehead atoms. The van der Waals surface area contributed by atoms with Gasteiger partial charge in [0.05, 0.1) is 12.1 Å². The maximum Gasteiger partial charge on any atom is 0.261 e. The van der Waals surface area contributed by atoms with Crippen molar-refractivity contribution >= 4 is 5.91 Å². The number of para-hydroxylation sites is 1. The number of nitrogens with one attached hydrogen (secondary N) is 1. The standard InChI is InChI=1S/C13H18FNO3/c1-9(12(17)15-13(2,3)8-16)18-11-7-5-4-6-10(11)14/h4-7,9,16H,8H2,1-3H3,(H,15,17). The highest BCUT2D eigenvalue weighted by molar-refractivity contribution is 5.81. The van der Waals surface area contributed by atoms with Crippen molar-refractivity contribution in [2.75, 3.05) is 6.61 Å². The second kappa shape index (κ2) is 5.82. The molecule has 0 saturated heterocycles. The Bertz CT molecular complexity index is 420. The Morgan fingerprint density at radius 3 is 2.67 bits per heavy atom.